The van der Waals surface area contributed by atoms with Crippen molar-refractivity contribution >= 4 is 35.1 Å². The number of carbonyl (C=O) groups excluding carboxylic acids is 1. The Labute approximate surface area is 108 Å². The number of hydrogen-bond acceptors (Lipinski definition) is 5. The summed E-state index contributed by atoms with van der Waals surface area (Å²) in [6.45, 7) is 1.77. The fraction of sp³-hybridized carbons (Fsp3) is 0.556. The van der Waals surface area contributed by atoms with Crippen LogP contribution in [0.2, 0.25) is 10.6 Å². The largest absolute Gasteiger partial charge is 0.345 e. The van der Waals surface area contributed by atoms with Gasteiger partial charge >= 0.3 is 0 Å². The third-order valence-corrected chi connectivity index (χ3v) is 2.78. The normalized spacial score (nSPS) is 15.1. The van der Waals surface area contributed by atoms with Gasteiger partial charge < -0.3 is 10.2 Å². The number of halogens is 2. The lowest BCUT2D eigenvalue weighted by Gasteiger charge is -2.15. The van der Waals surface area contributed by atoms with Crippen LogP contribution in [0.15, 0.2) is 0 Å². The predicted octanol–water partition coefficient (Wildman–Crippen LogP) is 1.21. The Morgan fingerprint density at radius 2 is 1.76 bits per heavy atom. The number of aromatic nitrogens is 3. The van der Waals surface area contributed by atoms with Gasteiger partial charge in [-0.05, 0) is 36.0 Å². The fourth-order valence-corrected chi connectivity index (χ4v) is 2.00. The van der Waals surface area contributed by atoms with Crippen molar-refractivity contribution in [3.05, 3.63) is 10.6 Å². The van der Waals surface area contributed by atoms with Gasteiger partial charge in [-0.15, -0.1) is 0 Å². The molecule has 0 radical (unpaired) electrons. The van der Waals surface area contributed by atoms with E-state index in [1.54, 1.807) is 4.90 Å². The molecular formula is C9H11Cl2N5O. The molecule has 0 bridgehead atoms. The molecule has 1 aromatic heterocycles. The van der Waals surface area contributed by atoms with Crippen molar-refractivity contribution in [3.63, 3.8) is 0 Å². The highest BCUT2D eigenvalue weighted by Crippen LogP contribution is 2.10. The van der Waals surface area contributed by atoms with Crippen LogP contribution in [0, 0.1) is 0 Å². The lowest BCUT2D eigenvalue weighted by molar-refractivity contribution is -0.128. The third-order valence-electron chi connectivity index (χ3n) is 2.44. The summed E-state index contributed by atoms with van der Waals surface area (Å²) in [6.07, 6.45) is 2.13. The van der Waals surface area contributed by atoms with Crippen molar-refractivity contribution in [2.75, 3.05) is 25.0 Å². The molecule has 0 spiro atoms. The maximum absolute atomic E-state index is 11.7. The number of carbonyl (C=O) groups is 1. The van der Waals surface area contributed by atoms with Crippen LogP contribution < -0.4 is 5.32 Å². The molecule has 0 saturated carbocycles. The van der Waals surface area contributed by atoms with Crippen LogP contribution in [-0.2, 0) is 4.79 Å². The van der Waals surface area contributed by atoms with Gasteiger partial charge in [-0.3, -0.25) is 4.79 Å². The summed E-state index contributed by atoms with van der Waals surface area (Å²) in [4.78, 5) is 24.7. The SMILES string of the molecule is O=C(CNc1nc(Cl)nc(Cl)n1)N1CCCC1. The molecule has 1 aliphatic rings. The zero-order valence-electron chi connectivity index (χ0n) is 8.99. The summed E-state index contributed by atoms with van der Waals surface area (Å²) in [6, 6.07) is 0. The Morgan fingerprint density at radius 3 is 2.35 bits per heavy atom. The van der Waals surface area contributed by atoms with Gasteiger partial charge in [-0.1, -0.05) is 0 Å². The standard InChI is InChI=1S/C9H11Cl2N5O/c10-7-13-8(11)15-9(14-7)12-5-6(17)16-3-1-2-4-16/h1-5H2,(H,12,13,14,15). The summed E-state index contributed by atoms with van der Waals surface area (Å²) in [5.41, 5.74) is 0. The topological polar surface area (TPSA) is 71.0 Å². The molecule has 1 N–H and O–H groups in total. The van der Waals surface area contributed by atoms with Crippen molar-refractivity contribution in [1.82, 2.24) is 19.9 Å². The van der Waals surface area contributed by atoms with E-state index in [4.69, 9.17) is 23.2 Å². The van der Waals surface area contributed by atoms with Crippen molar-refractivity contribution in [2.24, 2.45) is 0 Å². The van der Waals surface area contributed by atoms with Gasteiger partial charge in [0.2, 0.25) is 22.4 Å². The second-order valence-corrected chi connectivity index (χ2v) is 4.31. The molecule has 0 aromatic carbocycles. The molecule has 0 atom stereocenters. The first-order chi connectivity index (χ1) is 8.15. The molecule has 8 heteroatoms. The molecule has 17 heavy (non-hydrogen) atoms. The minimum atomic E-state index is 0.00104. The third kappa shape index (κ3) is 3.41. The average Bonchev–Trinajstić information content (AvgIpc) is 2.78. The van der Waals surface area contributed by atoms with Gasteiger partial charge in [0.15, 0.2) is 0 Å². The minimum absolute atomic E-state index is 0.00104. The summed E-state index contributed by atoms with van der Waals surface area (Å²) in [7, 11) is 0. The molecule has 1 aromatic rings. The predicted molar refractivity (Wildman–Crippen MR) is 64.2 cm³/mol. The number of amides is 1. The van der Waals surface area contributed by atoms with Gasteiger partial charge in [0.25, 0.3) is 0 Å². The Bertz CT molecular complexity index is 402. The van der Waals surface area contributed by atoms with Crippen LogP contribution >= 0.6 is 23.2 Å². The van der Waals surface area contributed by atoms with Crippen LogP contribution in [0.4, 0.5) is 5.95 Å². The zero-order valence-corrected chi connectivity index (χ0v) is 10.5. The van der Waals surface area contributed by atoms with E-state index >= 15 is 0 Å². The lowest BCUT2D eigenvalue weighted by Crippen LogP contribution is -2.33. The van der Waals surface area contributed by atoms with Gasteiger partial charge in [-0.25, -0.2) is 0 Å². The number of nitrogens with one attached hydrogen (secondary N) is 1. The molecule has 2 heterocycles. The molecule has 6 nitrogen and oxygen atoms in total. The van der Waals surface area contributed by atoms with Crippen molar-refractivity contribution in [3.8, 4) is 0 Å². The molecule has 2 rings (SSSR count). The Kier molecular flexibility index (Phi) is 3.96. The van der Waals surface area contributed by atoms with E-state index in [1.807, 2.05) is 0 Å². The Morgan fingerprint density at radius 1 is 1.18 bits per heavy atom. The Balaban J connectivity index is 1.90. The summed E-state index contributed by atoms with van der Waals surface area (Å²) < 4.78 is 0. The van der Waals surface area contributed by atoms with E-state index in [0.717, 1.165) is 25.9 Å². The fourth-order valence-electron chi connectivity index (χ4n) is 1.64. The van der Waals surface area contributed by atoms with Crippen molar-refractivity contribution < 1.29 is 4.79 Å². The van der Waals surface area contributed by atoms with Crippen molar-refractivity contribution in [2.45, 2.75) is 12.8 Å². The highest BCUT2D eigenvalue weighted by Gasteiger charge is 2.17. The maximum Gasteiger partial charge on any atom is 0.241 e. The van der Waals surface area contributed by atoms with Gasteiger partial charge in [0.05, 0.1) is 6.54 Å². The first kappa shape index (κ1) is 12.3. The first-order valence-electron chi connectivity index (χ1n) is 5.24. The number of rotatable bonds is 3. The second-order valence-electron chi connectivity index (χ2n) is 3.64. The molecule has 1 fully saturated rings. The van der Waals surface area contributed by atoms with E-state index < -0.39 is 0 Å². The summed E-state index contributed by atoms with van der Waals surface area (Å²) >= 11 is 11.2. The summed E-state index contributed by atoms with van der Waals surface area (Å²) in [5.74, 6) is 0.234. The molecule has 1 amide bonds. The first-order valence-corrected chi connectivity index (χ1v) is 5.99. The van der Waals surface area contributed by atoms with E-state index in [2.05, 4.69) is 20.3 Å². The highest BCUT2D eigenvalue weighted by molar-refractivity contribution is 6.31. The monoisotopic (exact) mass is 275 g/mol. The molecule has 0 unspecified atom stereocenters. The van der Waals surface area contributed by atoms with Crippen LogP contribution in [0.3, 0.4) is 0 Å². The zero-order chi connectivity index (χ0) is 12.3. The number of nitrogens with zero attached hydrogens (tertiary/aromatic N) is 4. The highest BCUT2D eigenvalue weighted by atomic mass is 35.5. The molecular weight excluding hydrogens is 265 g/mol. The summed E-state index contributed by atoms with van der Waals surface area (Å²) in [5, 5.41) is 2.78. The molecule has 1 aliphatic heterocycles. The van der Waals surface area contributed by atoms with E-state index in [0.29, 0.717) is 0 Å². The second kappa shape index (κ2) is 5.46. The van der Waals surface area contributed by atoms with Crippen LogP contribution in [0.1, 0.15) is 12.8 Å². The number of likely N-dealkylation sites (tertiary alicyclic amines) is 1. The molecule has 0 aliphatic carbocycles. The molecule has 1 saturated heterocycles. The van der Waals surface area contributed by atoms with Gasteiger partial charge in [0, 0.05) is 13.1 Å². The average molecular weight is 276 g/mol. The van der Waals surface area contributed by atoms with Crippen LogP contribution in [-0.4, -0.2) is 45.4 Å². The van der Waals surface area contributed by atoms with Gasteiger partial charge in [0.1, 0.15) is 0 Å². The van der Waals surface area contributed by atoms with Gasteiger partial charge in [-0.2, -0.15) is 15.0 Å². The minimum Gasteiger partial charge on any atom is -0.345 e. The maximum atomic E-state index is 11.7. The number of hydrogen-bond donors (Lipinski definition) is 1. The van der Waals surface area contributed by atoms with E-state index in [9.17, 15) is 4.79 Å². The van der Waals surface area contributed by atoms with Crippen LogP contribution in [0.5, 0.6) is 0 Å². The smallest absolute Gasteiger partial charge is 0.241 e. The van der Waals surface area contributed by atoms with Crippen molar-refractivity contribution in [1.29, 1.82) is 0 Å². The Hall–Kier alpha value is -1.14. The van der Waals surface area contributed by atoms with E-state index in [-0.39, 0.29) is 29.0 Å². The van der Waals surface area contributed by atoms with E-state index in [1.165, 1.54) is 0 Å². The number of anilines is 1. The quantitative estimate of drug-likeness (QED) is 0.898. The van der Waals surface area contributed by atoms with Crippen LogP contribution in [0.25, 0.3) is 0 Å². The lowest BCUT2D eigenvalue weighted by atomic mass is 10.4. The molecule has 92 valence electrons.